The van der Waals surface area contributed by atoms with Gasteiger partial charge < -0.3 is 20.3 Å². The third-order valence-corrected chi connectivity index (χ3v) is 4.36. The van der Waals surface area contributed by atoms with Crippen molar-refractivity contribution in [3.05, 3.63) is 30.5 Å². The number of benzene rings is 1. The number of anilines is 1. The predicted octanol–water partition coefficient (Wildman–Crippen LogP) is 3.09. The highest BCUT2D eigenvalue weighted by molar-refractivity contribution is 5.93. The number of fused-ring (bicyclic) bond motifs is 1. The highest BCUT2D eigenvalue weighted by Crippen LogP contribution is 2.30. The Labute approximate surface area is 130 Å². The van der Waals surface area contributed by atoms with Gasteiger partial charge in [0.2, 0.25) is 0 Å². The number of nitrogens with one attached hydrogen (secondary N) is 2. The highest BCUT2D eigenvalue weighted by Gasteiger charge is 2.34. The maximum atomic E-state index is 11.9. The average molecular weight is 301 g/mol. The largest absolute Gasteiger partial charge is 0.388 e. The van der Waals surface area contributed by atoms with Crippen LogP contribution < -0.4 is 10.6 Å². The van der Waals surface area contributed by atoms with Gasteiger partial charge in [0.1, 0.15) is 0 Å². The molecule has 1 aromatic heterocycles. The molecule has 22 heavy (non-hydrogen) atoms. The van der Waals surface area contributed by atoms with E-state index in [1.54, 1.807) is 0 Å². The van der Waals surface area contributed by atoms with Crippen molar-refractivity contribution in [1.82, 2.24) is 9.88 Å². The van der Waals surface area contributed by atoms with Crippen LogP contribution >= 0.6 is 0 Å². The summed E-state index contributed by atoms with van der Waals surface area (Å²) in [4.78, 5) is 11.9. The Hall–Kier alpha value is -2.01. The van der Waals surface area contributed by atoms with Crippen LogP contribution in [-0.4, -0.2) is 27.9 Å². The van der Waals surface area contributed by atoms with E-state index in [2.05, 4.69) is 34.4 Å². The summed E-state index contributed by atoms with van der Waals surface area (Å²) in [5, 5.41) is 16.7. The molecule has 0 aliphatic heterocycles. The summed E-state index contributed by atoms with van der Waals surface area (Å²) in [5.41, 5.74) is 1.25. The second-order valence-electron chi connectivity index (χ2n) is 6.17. The lowest BCUT2D eigenvalue weighted by Gasteiger charge is -2.36. The molecule has 2 aromatic rings. The fourth-order valence-corrected chi connectivity index (χ4v) is 2.90. The topological polar surface area (TPSA) is 66.3 Å². The molecule has 0 saturated heterocycles. The number of rotatable bonds is 5. The lowest BCUT2D eigenvalue weighted by atomic mass is 9.80. The molecular weight excluding hydrogens is 278 g/mol. The molecule has 5 nitrogen and oxygen atoms in total. The number of carbonyl (C=O) groups is 1. The summed E-state index contributed by atoms with van der Waals surface area (Å²) in [6.45, 7) is 3.46. The standard InChI is InChI=1S/C17H23N3O2/c1-2-9-20-10-6-13-11-14(4-5-15(13)20)19-16(21)18-12-17(22)7-3-8-17/h4-6,10-11,22H,2-3,7-9,12H2,1H3,(H2,18,19,21). The van der Waals surface area contributed by atoms with Crippen LogP contribution in [0.1, 0.15) is 32.6 Å². The maximum Gasteiger partial charge on any atom is 0.319 e. The SMILES string of the molecule is CCCn1ccc2cc(NC(=O)NCC3(O)CCC3)ccc21. The molecular formula is C17H23N3O2. The lowest BCUT2D eigenvalue weighted by molar-refractivity contribution is -0.0287. The van der Waals surface area contributed by atoms with Gasteiger partial charge in [-0.1, -0.05) is 6.92 Å². The van der Waals surface area contributed by atoms with Gasteiger partial charge in [0.05, 0.1) is 5.60 Å². The Kier molecular flexibility index (Phi) is 4.07. The fraction of sp³-hybridized carbons (Fsp3) is 0.471. The molecule has 5 heteroatoms. The number of hydrogen-bond donors (Lipinski definition) is 3. The van der Waals surface area contributed by atoms with Crippen LogP contribution in [0, 0.1) is 0 Å². The maximum absolute atomic E-state index is 11.9. The number of nitrogens with zero attached hydrogens (tertiary/aromatic N) is 1. The van der Waals surface area contributed by atoms with E-state index in [0.717, 1.165) is 43.3 Å². The molecule has 3 rings (SSSR count). The molecule has 3 N–H and O–H groups in total. The summed E-state index contributed by atoms with van der Waals surface area (Å²) >= 11 is 0. The number of hydrogen-bond acceptors (Lipinski definition) is 2. The third-order valence-electron chi connectivity index (χ3n) is 4.36. The van der Waals surface area contributed by atoms with Gasteiger partial charge in [-0.2, -0.15) is 0 Å². The van der Waals surface area contributed by atoms with Crippen LogP contribution in [0.3, 0.4) is 0 Å². The molecule has 1 aliphatic rings. The van der Waals surface area contributed by atoms with E-state index in [1.807, 2.05) is 18.2 Å². The number of aryl methyl sites for hydroxylation is 1. The van der Waals surface area contributed by atoms with Crippen molar-refractivity contribution in [2.75, 3.05) is 11.9 Å². The highest BCUT2D eigenvalue weighted by atomic mass is 16.3. The van der Waals surface area contributed by atoms with E-state index in [-0.39, 0.29) is 6.03 Å². The Balaban J connectivity index is 1.62. The predicted molar refractivity (Wildman–Crippen MR) is 88.1 cm³/mol. The van der Waals surface area contributed by atoms with Crippen molar-refractivity contribution < 1.29 is 9.90 Å². The Morgan fingerprint density at radius 1 is 1.36 bits per heavy atom. The molecule has 1 aliphatic carbocycles. The van der Waals surface area contributed by atoms with Crippen LogP contribution in [0.4, 0.5) is 10.5 Å². The van der Waals surface area contributed by atoms with Gasteiger partial charge >= 0.3 is 6.03 Å². The minimum Gasteiger partial charge on any atom is -0.388 e. The quantitative estimate of drug-likeness (QED) is 0.794. The molecule has 0 radical (unpaired) electrons. The first-order valence-electron chi connectivity index (χ1n) is 7.96. The fourth-order valence-electron chi connectivity index (χ4n) is 2.90. The van der Waals surface area contributed by atoms with Crippen LogP contribution in [0.5, 0.6) is 0 Å². The van der Waals surface area contributed by atoms with Crippen molar-refractivity contribution in [2.45, 2.75) is 44.8 Å². The van der Waals surface area contributed by atoms with Gasteiger partial charge in [-0.3, -0.25) is 0 Å². The summed E-state index contributed by atoms with van der Waals surface area (Å²) in [6, 6.07) is 7.70. The van der Waals surface area contributed by atoms with Crippen molar-refractivity contribution in [3.63, 3.8) is 0 Å². The van der Waals surface area contributed by atoms with Crippen LogP contribution in [-0.2, 0) is 6.54 Å². The molecule has 118 valence electrons. The van der Waals surface area contributed by atoms with E-state index in [0.29, 0.717) is 6.54 Å². The molecule has 0 spiro atoms. The number of carbonyl (C=O) groups excluding carboxylic acids is 1. The van der Waals surface area contributed by atoms with Crippen LogP contribution in [0.2, 0.25) is 0 Å². The zero-order chi connectivity index (χ0) is 15.6. The molecule has 0 bridgehead atoms. The van der Waals surface area contributed by atoms with E-state index in [9.17, 15) is 9.90 Å². The Morgan fingerprint density at radius 3 is 2.86 bits per heavy atom. The third kappa shape index (κ3) is 3.09. The number of aliphatic hydroxyl groups is 1. The minimum atomic E-state index is -0.696. The molecule has 1 fully saturated rings. The van der Waals surface area contributed by atoms with Crippen molar-refractivity contribution in [1.29, 1.82) is 0 Å². The van der Waals surface area contributed by atoms with Crippen LogP contribution in [0.25, 0.3) is 10.9 Å². The first kappa shape index (κ1) is 14.9. The van der Waals surface area contributed by atoms with Gasteiger partial charge in [-0.25, -0.2) is 4.79 Å². The van der Waals surface area contributed by atoms with Crippen molar-refractivity contribution in [3.8, 4) is 0 Å². The summed E-state index contributed by atoms with van der Waals surface area (Å²) in [6.07, 6.45) is 5.73. The van der Waals surface area contributed by atoms with Crippen LogP contribution in [0.15, 0.2) is 30.5 Å². The molecule has 1 heterocycles. The zero-order valence-electron chi connectivity index (χ0n) is 12.9. The minimum absolute atomic E-state index is 0.271. The summed E-state index contributed by atoms with van der Waals surface area (Å²) < 4.78 is 2.21. The number of amides is 2. The number of aromatic nitrogens is 1. The van der Waals surface area contributed by atoms with Gasteiger partial charge in [-0.05, 0) is 49.9 Å². The van der Waals surface area contributed by atoms with E-state index >= 15 is 0 Å². The summed E-state index contributed by atoms with van der Waals surface area (Å²) in [5.74, 6) is 0. The molecule has 0 unspecified atom stereocenters. The monoisotopic (exact) mass is 301 g/mol. The summed E-state index contributed by atoms with van der Waals surface area (Å²) in [7, 11) is 0. The van der Waals surface area contributed by atoms with E-state index < -0.39 is 5.60 Å². The molecule has 1 saturated carbocycles. The van der Waals surface area contributed by atoms with Gasteiger partial charge in [0.15, 0.2) is 0 Å². The molecule has 0 atom stereocenters. The van der Waals surface area contributed by atoms with Crippen molar-refractivity contribution in [2.24, 2.45) is 0 Å². The smallest absolute Gasteiger partial charge is 0.319 e. The molecule has 2 amide bonds. The first-order chi connectivity index (χ1) is 10.6. The Bertz CT molecular complexity index is 674. The van der Waals surface area contributed by atoms with E-state index in [1.165, 1.54) is 5.52 Å². The second-order valence-corrected chi connectivity index (χ2v) is 6.17. The average Bonchev–Trinajstić information content (AvgIpc) is 2.86. The van der Waals surface area contributed by atoms with Gasteiger partial charge in [0, 0.05) is 35.9 Å². The second kappa shape index (κ2) is 6.01. The van der Waals surface area contributed by atoms with E-state index in [4.69, 9.17) is 0 Å². The van der Waals surface area contributed by atoms with Crippen molar-refractivity contribution >= 4 is 22.6 Å². The van der Waals surface area contributed by atoms with Gasteiger partial charge in [0.25, 0.3) is 0 Å². The zero-order valence-corrected chi connectivity index (χ0v) is 12.9. The number of urea groups is 1. The molecule has 1 aromatic carbocycles. The Morgan fingerprint density at radius 2 is 2.18 bits per heavy atom. The normalized spacial score (nSPS) is 16.3. The van der Waals surface area contributed by atoms with Gasteiger partial charge in [-0.15, -0.1) is 0 Å². The first-order valence-corrected chi connectivity index (χ1v) is 7.96. The lowest BCUT2D eigenvalue weighted by Crippen LogP contribution is -2.48.